The summed E-state index contributed by atoms with van der Waals surface area (Å²) in [5, 5.41) is 0. The van der Waals surface area contributed by atoms with Crippen molar-refractivity contribution >= 4 is 0 Å². The fraction of sp³-hybridized carbons (Fsp3) is 0.538. The highest BCUT2D eigenvalue weighted by Gasteiger charge is 2.13. The summed E-state index contributed by atoms with van der Waals surface area (Å²) in [5.41, 5.74) is 4.75. The van der Waals surface area contributed by atoms with Gasteiger partial charge < -0.3 is 4.90 Å². The second kappa shape index (κ2) is 5.04. The maximum atomic E-state index is 4.13. The van der Waals surface area contributed by atoms with Crippen molar-refractivity contribution in [3.05, 3.63) is 35.7 Å². The Morgan fingerprint density at radius 2 is 1.50 bits per heavy atom. The van der Waals surface area contributed by atoms with Crippen LogP contribution in [0.1, 0.15) is 34.6 Å². The molecule has 1 nitrogen and oxygen atoms in total. The van der Waals surface area contributed by atoms with Crippen LogP contribution in [0.4, 0.5) is 0 Å². The van der Waals surface area contributed by atoms with Crippen molar-refractivity contribution in [1.82, 2.24) is 4.90 Å². The Hall–Kier alpha value is -0.980. The molecule has 0 atom stereocenters. The fourth-order valence-electron chi connectivity index (χ4n) is 1.61. The molecule has 0 aromatic heterocycles. The smallest absolute Gasteiger partial charge is 0.0366 e. The van der Waals surface area contributed by atoms with Crippen LogP contribution in [-0.4, -0.2) is 11.9 Å². The van der Waals surface area contributed by atoms with Gasteiger partial charge in [0.25, 0.3) is 0 Å². The van der Waals surface area contributed by atoms with E-state index in [0.717, 1.165) is 11.4 Å². The molecule has 0 aliphatic carbocycles. The molecule has 1 heteroatoms. The average molecular weight is 193 g/mol. The van der Waals surface area contributed by atoms with Crippen molar-refractivity contribution in [1.29, 1.82) is 0 Å². The van der Waals surface area contributed by atoms with Crippen molar-refractivity contribution in [2.75, 3.05) is 7.05 Å². The first-order valence-corrected chi connectivity index (χ1v) is 5.04. The normalized spacial score (nSPS) is 9.93. The molecule has 0 fully saturated rings. The van der Waals surface area contributed by atoms with Gasteiger partial charge in [-0.05, 0) is 32.3 Å². The Kier molecular flexibility index (Phi) is 4.69. The lowest BCUT2D eigenvalue weighted by atomic mass is 9.95. The first kappa shape index (κ1) is 13.0. The first-order valence-electron chi connectivity index (χ1n) is 5.04. The highest BCUT2D eigenvalue weighted by Crippen LogP contribution is 2.25. The van der Waals surface area contributed by atoms with Crippen molar-refractivity contribution in [2.45, 2.75) is 34.6 Å². The average Bonchev–Trinajstić information content (AvgIpc) is 2.01. The van der Waals surface area contributed by atoms with Crippen LogP contribution >= 0.6 is 0 Å². The minimum atomic E-state index is 0.509. The van der Waals surface area contributed by atoms with Gasteiger partial charge in [0.2, 0.25) is 0 Å². The van der Waals surface area contributed by atoms with E-state index in [1.807, 2.05) is 18.9 Å². The number of hydrogen-bond donors (Lipinski definition) is 0. The minimum absolute atomic E-state index is 0.509. The van der Waals surface area contributed by atoms with Crippen LogP contribution in [0.5, 0.6) is 0 Å². The molecule has 0 aromatic carbocycles. The van der Waals surface area contributed by atoms with Gasteiger partial charge in [0, 0.05) is 18.4 Å². The molecule has 0 rings (SSSR count). The predicted molar refractivity (Wildman–Crippen MR) is 64.9 cm³/mol. The lowest BCUT2D eigenvalue weighted by Crippen LogP contribution is -2.18. The molecule has 0 aromatic rings. The van der Waals surface area contributed by atoms with E-state index in [1.54, 1.807) is 0 Å². The third-order valence-electron chi connectivity index (χ3n) is 2.40. The van der Waals surface area contributed by atoms with Crippen LogP contribution in [0.15, 0.2) is 35.7 Å². The zero-order chi connectivity index (χ0) is 11.5. The van der Waals surface area contributed by atoms with Crippen molar-refractivity contribution in [3.8, 4) is 0 Å². The van der Waals surface area contributed by atoms with Crippen LogP contribution in [0, 0.1) is 5.92 Å². The molecule has 0 saturated heterocycles. The van der Waals surface area contributed by atoms with Crippen molar-refractivity contribution < 1.29 is 0 Å². The highest BCUT2D eigenvalue weighted by atomic mass is 15.1. The molecule has 0 spiro atoms. The van der Waals surface area contributed by atoms with Gasteiger partial charge in [0.15, 0.2) is 0 Å². The zero-order valence-electron chi connectivity index (χ0n) is 10.4. The first-order chi connectivity index (χ1) is 6.29. The Morgan fingerprint density at radius 3 is 1.71 bits per heavy atom. The summed E-state index contributed by atoms with van der Waals surface area (Å²) in [4.78, 5) is 2.04. The molecular formula is C13H23N. The molecule has 0 unspecified atom stereocenters. The summed E-state index contributed by atoms with van der Waals surface area (Å²) in [6.45, 7) is 18.7. The van der Waals surface area contributed by atoms with Gasteiger partial charge in [0.1, 0.15) is 0 Å². The Bertz CT molecular complexity index is 265. The quantitative estimate of drug-likeness (QED) is 0.611. The van der Waals surface area contributed by atoms with E-state index in [9.17, 15) is 0 Å². The molecule has 0 saturated carbocycles. The highest BCUT2D eigenvalue weighted by molar-refractivity contribution is 5.34. The molecule has 0 heterocycles. The number of nitrogens with zero attached hydrogens (tertiary/aromatic N) is 1. The van der Waals surface area contributed by atoms with E-state index < -0.39 is 0 Å². The van der Waals surface area contributed by atoms with Gasteiger partial charge >= 0.3 is 0 Å². The molecule has 0 amide bonds. The number of rotatable bonds is 4. The SMILES string of the molecule is C=C(C)N(C)C(=C)C(=C(C)C)C(C)C. The maximum Gasteiger partial charge on any atom is 0.0366 e. The van der Waals surface area contributed by atoms with E-state index in [2.05, 4.69) is 40.9 Å². The van der Waals surface area contributed by atoms with E-state index in [-0.39, 0.29) is 0 Å². The fourth-order valence-corrected chi connectivity index (χ4v) is 1.61. The molecule has 0 N–H and O–H groups in total. The summed E-state index contributed by atoms with van der Waals surface area (Å²) in [5.74, 6) is 0.509. The van der Waals surface area contributed by atoms with Crippen LogP contribution in [-0.2, 0) is 0 Å². The zero-order valence-corrected chi connectivity index (χ0v) is 10.4. The predicted octanol–water partition coefficient (Wildman–Crippen LogP) is 3.96. The topological polar surface area (TPSA) is 3.24 Å². The molecule has 0 aliphatic heterocycles. The standard InChI is InChI=1S/C13H23N/c1-9(2)13(10(3)4)12(7)14(8)11(5)6/h9H,5,7H2,1-4,6,8H3. The van der Waals surface area contributed by atoms with Crippen LogP contribution < -0.4 is 0 Å². The van der Waals surface area contributed by atoms with Gasteiger partial charge in [0.05, 0.1) is 0 Å². The summed E-state index contributed by atoms with van der Waals surface area (Å²) in [7, 11) is 2.01. The van der Waals surface area contributed by atoms with E-state index in [4.69, 9.17) is 0 Å². The molecule has 80 valence electrons. The molecule has 0 aliphatic rings. The van der Waals surface area contributed by atoms with Gasteiger partial charge in [-0.3, -0.25) is 0 Å². The third kappa shape index (κ3) is 3.06. The van der Waals surface area contributed by atoms with E-state index >= 15 is 0 Å². The number of hydrogen-bond acceptors (Lipinski definition) is 1. The number of allylic oxidation sites excluding steroid dienone is 3. The number of likely N-dealkylation sites (N-methyl/N-ethyl adjacent to an activating group) is 1. The Morgan fingerprint density at radius 1 is 1.07 bits per heavy atom. The van der Waals surface area contributed by atoms with Crippen LogP contribution in [0.25, 0.3) is 0 Å². The van der Waals surface area contributed by atoms with Crippen molar-refractivity contribution in [3.63, 3.8) is 0 Å². The van der Waals surface area contributed by atoms with E-state index in [1.165, 1.54) is 11.1 Å². The molecule has 14 heavy (non-hydrogen) atoms. The monoisotopic (exact) mass is 193 g/mol. The van der Waals surface area contributed by atoms with E-state index in [0.29, 0.717) is 5.92 Å². The largest absolute Gasteiger partial charge is 0.349 e. The second-order valence-electron chi connectivity index (χ2n) is 4.31. The van der Waals surface area contributed by atoms with Gasteiger partial charge in [-0.25, -0.2) is 0 Å². The molecular weight excluding hydrogens is 170 g/mol. The Balaban J connectivity index is 5.00. The lowest BCUT2D eigenvalue weighted by Gasteiger charge is -2.26. The summed E-state index contributed by atoms with van der Waals surface area (Å²) >= 11 is 0. The maximum absolute atomic E-state index is 4.13. The van der Waals surface area contributed by atoms with Gasteiger partial charge in [-0.1, -0.05) is 32.6 Å². The second-order valence-corrected chi connectivity index (χ2v) is 4.31. The molecule has 0 bridgehead atoms. The molecule has 0 radical (unpaired) electrons. The Labute approximate surface area is 88.8 Å². The lowest BCUT2D eigenvalue weighted by molar-refractivity contribution is 0.515. The van der Waals surface area contributed by atoms with Gasteiger partial charge in [-0.15, -0.1) is 0 Å². The summed E-state index contributed by atoms with van der Waals surface area (Å²) in [6.07, 6.45) is 0. The third-order valence-corrected chi connectivity index (χ3v) is 2.40. The van der Waals surface area contributed by atoms with Crippen LogP contribution in [0.3, 0.4) is 0 Å². The summed E-state index contributed by atoms with van der Waals surface area (Å²) in [6, 6.07) is 0. The van der Waals surface area contributed by atoms with Gasteiger partial charge in [-0.2, -0.15) is 0 Å². The van der Waals surface area contributed by atoms with Crippen LogP contribution in [0.2, 0.25) is 0 Å². The summed E-state index contributed by atoms with van der Waals surface area (Å²) < 4.78 is 0. The van der Waals surface area contributed by atoms with Crippen molar-refractivity contribution in [2.24, 2.45) is 5.92 Å². The minimum Gasteiger partial charge on any atom is -0.349 e.